The fourth-order valence-electron chi connectivity index (χ4n) is 1.80. The van der Waals surface area contributed by atoms with Crippen LogP contribution in [-0.4, -0.2) is 19.3 Å². The highest BCUT2D eigenvalue weighted by Crippen LogP contribution is 2.37. The van der Waals surface area contributed by atoms with Gasteiger partial charge < -0.3 is 9.47 Å². The third-order valence-corrected chi connectivity index (χ3v) is 3.83. The maximum atomic E-state index is 6.21. The molecule has 0 aliphatic rings. The Bertz CT molecular complexity index is 579. The predicted octanol–water partition coefficient (Wildman–Crippen LogP) is 6.68. The molecule has 0 fully saturated rings. The molecule has 0 aromatic heterocycles. The Morgan fingerprint density at radius 1 is 1.12 bits per heavy atom. The molecule has 0 radical (unpaired) electrons. The van der Waals surface area contributed by atoms with E-state index in [0.29, 0.717) is 28.2 Å². The SMILES string of the molecule is CC(C)ONC=CCCCCOc1c(Cl)cc(OCC=C(Cl)Cl)cc1Cl. The molecular formula is C18H23Cl4NO3. The molecule has 0 aliphatic heterocycles. The molecule has 1 N–H and O–H groups in total. The van der Waals surface area contributed by atoms with Gasteiger partial charge in [0.25, 0.3) is 0 Å². The van der Waals surface area contributed by atoms with Gasteiger partial charge in [-0.25, -0.2) is 0 Å². The lowest BCUT2D eigenvalue weighted by Crippen LogP contribution is -2.13. The monoisotopic (exact) mass is 441 g/mol. The van der Waals surface area contributed by atoms with Crippen molar-refractivity contribution in [2.24, 2.45) is 0 Å². The molecule has 0 heterocycles. The smallest absolute Gasteiger partial charge is 0.156 e. The maximum Gasteiger partial charge on any atom is 0.156 e. The van der Waals surface area contributed by atoms with Crippen LogP contribution < -0.4 is 15.0 Å². The van der Waals surface area contributed by atoms with Gasteiger partial charge in [0.2, 0.25) is 0 Å². The minimum atomic E-state index is 0.139. The van der Waals surface area contributed by atoms with Crippen LogP contribution in [0.3, 0.4) is 0 Å². The summed E-state index contributed by atoms with van der Waals surface area (Å²) in [6, 6.07) is 3.28. The summed E-state index contributed by atoms with van der Waals surface area (Å²) in [7, 11) is 0. The molecule has 0 saturated carbocycles. The van der Waals surface area contributed by atoms with Crippen LogP contribution in [0.4, 0.5) is 0 Å². The van der Waals surface area contributed by atoms with Crippen molar-refractivity contribution in [1.82, 2.24) is 5.48 Å². The second-order valence-electron chi connectivity index (χ2n) is 5.55. The first-order valence-corrected chi connectivity index (χ1v) is 9.73. The first kappa shape index (κ1) is 23.3. The molecule has 8 heteroatoms. The Morgan fingerprint density at radius 2 is 1.81 bits per heavy atom. The first-order chi connectivity index (χ1) is 12.4. The summed E-state index contributed by atoms with van der Waals surface area (Å²) < 4.78 is 11.3. The molecule has 0 spiro atoms. The zero-order valence-corrected chi connectivity index (χ0v) is 17.8. The number of hydrogen-bond acceptors (Lipinski definition) is 4. The fraction of sp³-hybridized carbons (Fsp3) is 0.444. The van der Waals surface area contributed by atoms with Crippen molar-refractivity contribution in [3.63, 3.8) is 0 Å². The fourth-order valence-corrected chi connectivity index (χ4v) is 2.51. The Labute approximate surface area is 174 Å². The van der Waals surface area contributed by atoms with Gasteiger partial charge in [0.1, 0.15) is 16.8 Å². The lowest BCUT2D eigenvalue weighted by molar-refractivity contribution is 0.0210. The molecule has 0 saturated heterocycles. The minimum Gasteiger partial charge on any atom is -0.490 e. The van der Waals surface area contributed by atoms with Gasteiger partial charge in [-0.2, -0.15) is 0 Å². The van der Waals surface area contributed by atoms with Crippen molar-refractivity contribution >= 4 is 46.4 Å². The Hall–Kier alpha value is -0.780. The topological polar surface area (TPSA) is 39.7 Å². The largest absolute Gasteiger partial charge is 0.490 e. The highest BCUT2D eigenvalue weighted by Gasteiger charge is 2.10. The molecular weight excluding hydrogens is 420 g/mol. The van der Waals surface area contributed by atoms with Gasteiger partial charge in [-0.1, -0.05) is 52.5 Å². The average molecular weight is 443 g/mol. The Kier molecular flexibility index (Phi) is 12.0. The predicted molar refractivity (Wildman–Crippen MR) is 110 cm³/mol. The summed E-state index contributed by atoms with van der Waals surface area (Å²) in [5.41, 5.74) is 2.77. The number of hydrogen-bond donors (Lipinski definition) is 1. The average Bonchev–Trinajstić information content (AvgIpc) is 2.54. The van der Waals surface area contributed by atoms with Gasteiger partial charge in [0.05, 0.1) is 22.8 Å². The third-order valence-electron chi connectivity index (χ3n) is 2.96. The standard InChI is InChI=1S/C18H23Cl4NO3/c1-13(2)26-23-8-5-3-4-6-9-25-18-15(19)11-14(12-16(18)20)24-10-7-17(21)22/h5,7-8,11-13,23H,3-4,6,9-10H2,1-2H3. The molecule has 4 nitrogen and oxygen atoms in total. The zero-order chi connectivity index (χ0) is 19.4. The molecule has 0 aliphatic carbocycles. The van der Waals surface area contributed by atoms with Crippen molar-refractivity contribution in [3.8, 4) is 11.5 Å². The summed E-state index contributed by atoms with van der Waals surface area (Å²) in [5, 5.41) is 0.784. The summed E-state index contributed by atoms with van der Waals surface area (Å²) in [6.45, 7) is 4.66. The van der Waals surface area contributed by atoms with E-state index >= 15 is 0 Å². The normalized spacial score (nSPS) is 11.0. The van der Waals surface area contributed by atoms with E-state index in [0.717, 1.165) is 19.3 Å². The summed E-state index contributed by atoms with van der Waals surface area (Å²) in [6.07, 6.45) is 8.24. The van der Waals surface area contributed by atoms with E-state index in [1.807, 2.05) is 19.9 Å². The van der Waals surface area contributed by atoms with E-state index in [1.165, 1.54) is 6.08 Å². The molecule has 0 amide bonds. The van der Waals surface area contributed by atoms with Crippen LogP contribution in [0.25, 0.3) is 0 Å². The van der Waals surface area contributed by atoms with Crippen LogP contribution in [0.5, 0.6) is 11.5 Å². The van der Waals surface area contributed by atoms with Gasteiger partial charge in [-0.05, 0) is 39.2 Å². The number of ether oxygens (including phenoxy) is 2. The van der Waals surface area contributed by atoms with Crippen molar-refractivity contribution in [2.45, 2.75) is 39.2 Å². The Morgan fingerprint density at radius 3 is 2.42 bits per heavy atom. The van der Waals surface area contributed by atoms with E-state index in [1.54, 1.807) is 18.3 Å². The molecule has 0 bridgehead atoms. The summed E-state index contributed by atoms with van der Waals surface area (Å²) in [4.78, 5) is 5.18. The van der Waals surface area contributed by atoms with E-state index in [9.17, 15) is 0 Å². The molecule has 146 valence electrons. The van der Waals surface area contributed by atoms with E-state index in [-0.39, 0.29) is 17.2 Å². The van der Waals surface area contributed by atoms with Gasteiger partial charge >= 0.3 is 0 Å². The van der Waals surface area contributed by atoms with Gasteiger partial charge in [0.15, 0.2) is 5.75 Å². The lowest BCUT2D eigenvalue weighted by Gasteiger charge is -2.12. The molecule has 26 heavy (non-hydrogen) atoms. The number of allylic oxidation sites excluding steroid dienone is 1. The number of halogens is 4. The van der Waals surface area contributed by atoms with Crippen molar-refractivity contribution in [1.29, 1.82) is 0 Å². The van der Waals surface area contributed by atoms with Gasteiger partial charge in [0, 0.05) is 18.3 Å². The number of benzene rings is 1. The quantitative estimate of drug-likeness (QED) is 0.289. The first-order valence-electron chi connectivity index (χ1n) is 8.22. The number of nitrogens with one attached hydrogen (secondary N) is 1. The van der Waals surface area contributed by atoms with E-state index < -0.39 is 0 Å². The molecule has 1 aromatic carbocycles. The van der Waals surface area contributed by atoms with Gasteiger partial charge in [-0.15, -0.1) is 0 Å². The molecule has 0 atom stereocenters. The lowest BCUT2D eigenvalue weighted by atomic mass is 10.2. The highest BCUT2D eigenvalue weighted by atomic mass is 35.5. The van der Waals surface area contributed by atoms with Crippen LogP contribution in [0.2, 0.25) is 10.0 Å². The van der Waals surface area contributed by atoms with Crippen molar-refractivity contribution in [3.05, 3.63) is 45.0 Å². The number of unbranched alkanes of at least 4 members (excludes halogenated alkanes) is 2. The van der Waals surface area contributed by atoms with Crippen LogP contribution in [0.1, 0.15) is 33.1 Å². The summed E-state index contributed by atoms with van der Waals surface area (Å²) in [5.74, 6) is 0.966. The van der Waals surface area contributed by atoms with E-state index in [4.69, 9.17) is 60.7 Å². The highest BCUT2D eigenvalue weighted by molar-refractivity contribution is 6.55. The minimum absolute atomic E-state index is 0.139. The van der Waals surface area contributed by atoms with Crippen LogP contribution >= 0.6 is 46.4 Å². The number of hydroxylamine groups is 1. The Balaban J connectivity index is 2.33. The zero-order valence-electron chi connectivity index (χ0n) is 14.7. The van der Waals surface area contributed by atoms with Crippen LogP contribution in [-0.2, 0) is 4.84 Å². The van der Waals surface area contributed by atoms with Crippen LogP contribution in [0, 0.1) is 0 Å². The molecule has 0 unspecified atom stereocenters. The number of rotatable bonds is 12. The third kappa shape index (κ3) is 10.4. The van der Waals surface area contributed by atoms with Crippen molar-refractivity contribution in [2.75, 3.05) is 13.2 Å². The molecule has 1 rings (SSSR count). The maximum absolute atomic E-state index is 6.21. The van der Waals surface area contributed by atoms with E-state index in [2.05, 4.69) is 5.48 Å². The van der Waals surface area contributed by atoms with Crippen molar-refractivity contribution < 1.29 is 14.3 Å². The van der Waals surface area contributed by atoms with Gasteiger partial charge in [-0.3, -0.25) is 10.3 Å². The summed E-state index contributed by atoms with van der Waals surface area (Å²) >= 11 is 23.5. The van der Waals surface area contributed by atoms with Crippen LogP contribution in [0.15, 0.2) is 35.0 Å². The second kappa shape index (κ2) is 13.4. The second-order valence-corrected chi connectivity index (χ2v) is 7.37. The molecule has 1 aromatic rings.